The van der Waals surface area contributed by atoms with Crippen LogP contribution in [0.3, 0.4) is 0 Å². The van der Waals surface area contributed by atoms with Gasteiger partial charge in [0.1, 0.15) is 11.6 Å². The fourth-order valence-corrected chi connectivity index (χ4v) is 2.47. The first-order valence-electron chi connectivity index (χ1n) is 5.44. The summed E-state index contributed by atoms with van der Waals surface area (Å²) in [7, 11) is 0. The molecule has 0 radical (unpaired) electrons. The maximum atomic E-state index is 13.8. The molecule has 0 amide bonds. The van der Waals surface area contributed by atoms with Crippen molar-refractivity contribution in [1.29, 1.82) is 0 Å². The standard InChI is InChI=1S/C14H9BrCl2F2/c1-7-4-8(2-3-11(7)16)14(17)9-5-13(19)10(15)6-12(9)18/h2-6,14H,1H3. The van der Waals surface area contributed by atoms with Crippen LogP contribution in [0, 0.1) is 18.6 Å². The number of rotatable bonds is 2. The average molecular weight is 366 g/mol. The molecule has 0 heterocycles. The van der Waals surface area contributed by atoms with E-state index in [0.29, 0.717) is 10.6 Å². The van der Waals surface area contributed by atoms with Crippen molar-refractivity contribution >= 4 is 39.1 Å². The lowest BCUT2D eigenvalue weighted by Crippen LogP contribution is -1.99. The second kappa shape index (κ2) is 5.78. The molecule has 0 nitrogen and oxygen atoms in total. The minimum atomic E-state index is -0.765. The summed E-state index contributed by atoms with van der Waals surface area (Å²) in [4.78, 5) is 0. The lowest BCUT2D eigenvalue weighted by molar-refractivity contribution is 0.582. The summed E-state index contributed by atoms with van der Waals surface area (Å²) in [6.07, 6.45) is 0. The lowest BCUT2D eigenvalue weighted by atomic mass is 10.0. The average Bonchev–Trinajstić information content (AvgIpc) is 2.36. The molecule has 100 valence electrons. The Balaban J connectivity index is 2.46. The van der Waals surface area contributed by atoms with E-state index in [2.05, 4.69) is 15.9 Å². The lowest BCUT2D eigenvalue weighted by Gasteiger charge is -2.13. The highest BCUT2D eigenvalue weighted by molar-refractivity contribution is 9.10. The summed E-state index contributed by atoms with van der Waals surface area (Å²) in [6, 6.07) is 7.32. The molecule has 0 saturated heterocycles. The Kier molecular flexibility index (Phi) is 4.49. The molecule has 0 fully saturated rings. The highest BCUT2D eigenvalue weighted by Crippen LogP contribution is 2.34. The van der Waals surface area contributed by atoms with Crippen LogP contribution in [-0.4, -0.2) is 0 Å². The van der Waals surface area contributed by atoms with Gasteiger partial charge in [0, 0.05) is 10.6 Å². The maximum absolute atomic E-state index is 13.8. The zero-order valence-electron chi connectivity index (χ0n) is 9.85. The predicted molar refractivity (Wildman–Crippen MR) is 77.9 cm³/mol. The molecule has 1 atom stereocenters. The molecule has 0 aliphatic heterocycles. The number of aryl methyl sites for hydroxylation is 1. The van der Waals surface area contributed by atoms with Crippen molar-refractivity contribution in [3.8, 4) is 0 Å². The Morgan fingerprint density at radius 3 is 2.42 bits per heavy atom. The van der Waals surface area contributed by atoms with E-state index in [-0.39, 0.29) is 10.0 Å². The van der Waals surface area contributed by atoms with Gasteiger partial charge in [0.05, 0.1) is 9.85 Å². The summed E-state index contributed by atoms with van der Waals surface area (Å²) in [5, 5.41) is -0.159. The van der Waals surface area contributed by atoms with Crippen molar-refractivity contribution in [3.63, 3.8) is 0 Å². The van der Waals surface area contributed by atoms with Crippen molar-refractivity contribution in [2.45, 2.75) is 12.3 Å². The van der Waals surface area contributed by atoms with E-state index in [4.69, 9.17) is 23.2 Å². The van der Waals surface area contributed by atoms with Gasteiger partial charge in [-0.1, -0.05) is 23.7 Å². The van der Waals surface area contributed by atoms with Gasteiger partial charge in [0.25, 0.3) is 0 Å². The van der Waals surface area contributed by atoms with Gasteiger partial charge in [-0.05, 0) is 52.2 Å². The molecule has 0 saturated carbocycles. The van der Waals surface area contributed by atoms with Gasteiger partial charge in [-0.3, -0.25) is 0 Å². The van der Waals surface area contributed by atoms with Gasteiger partial charge in [0.15, 0.2) is 0 Å². The minimum absolute atomic E-state index is 0.0740. The van der Waals surface area contributed by atoms with Crippen LogP contribution in [0.5, 0.6) is 0 Å². The first-order chi connectivity index (χ1) is 8.90. The van der Waals surface area contributed by atoms with E-state index in [1.54, 1.807) is 18.2 Å². The Labute approximate surface area is 128 Å². The molecule has 0 aromatic heterocycles. The molecule has 1 unspecified atom stereocenters. The van der Waals surface area contributed by atoms with Crippen LogP contribution < -0.4 is 0 Å². The predicted octanol–water partition coefficient (Wildman–Crippen LogP) is 6.02. The second-order valence-corrected chi connectivity index (χ2v) is 5.86. The van der Waals surface area contributed by atoms with Crippen LogP contribution in [0.15, 0.2) is 34.8 Å². The summed E-state index contributed by atoms with van der Waals surface area (Å²) in [6.45, 7) is 1.83. The maximum Gasteiger partial charge on any atom is 0.137 e. The third-order valence-corrected chi connectivity index (χ3v) is 4.31. The molecule has 0 bridgehead atoms. The number of benzene rings is 2. The molecule has 0 aliphatic carbocycles. The van der Waals surface area contributed by atoms with Crippen molar-refractivity contribution in [2.75, 3.05) is 0 Å². The molecule has 5 heteroatoms. The second-order valence-electron chi connectivity index (χ2n) is 4.16. The van der Waals surface area contributed by atoms with Crippen LogP contribution in [0.25, 0.3) is 0 Å². The molecule has 2 aromatic carbocycles. The van der Waals surface area contributed by atoms with Gasteiger partial charge in [-0.15, -0.1) is 11.6 Å². The highest BCUT2D eigenvalue weighted by Gasteiger charge is 2.18. The van der Waals surface area contributed by atoms with Gasteiger partial charge >= 0.3 is 0 Å². The first kappa shape index (κ1) is 14.8. The van der Waals surface area contributed by atoms with Crippen LogP contribution in [-0.2, 0) is 0 Å². The van der Waals surface area contributed by atoms with Gasteiger partial charge in [-0.2, -0.15) is 0 Å². The molecule has 0 N–H and O–H groups in total. The van der Waals surface area contributed by atoms with Gasteiger partial charge in [0.2, 0.25) is 0 Å². The van der Waals surface area contributed by atoms with Gasteiger partial charge < -0.3 is 0 Å². The van der Waals surface area contributed by atoms with Crippen molar-refractivity contribution in [1.82, 2.24) is 0 Å². The zero-order chi connectivity index (χ0) is 14.2. The van der Waals surface area contributed by atoms with Crippen molar-refractivity contribution < 1.29 is 8.78 Å². The molecule has 2 rings (SSSR count). The molecule has 19 heavy (non-hydrogen) atoms. The van der Waals surface area contributed by atoms with E-state index in [9.17, 15) is 8.78 Å². The molecule has 0 aliphatic rings. The SMILES string of the molecule is Cc1cc(C(Cl)c2cc(F)c(Br)cc2F)ccc1Cl. The van der Waals surface area contributed by atoms with E-state index in [1.807, 2.05) is 6.92 Å². The quantitative estimate of drug-likeness (QED) is 0.451. The third-order valence-electron chi connectivity index (χ3n) is 2.79. The van der Waals surface area contributed by atoms with Crippen LogP contribution >= 0.6 is 39.1 Å². The molecule has 0 spiro atoms. The minimum Gasteiger partial charge on any atom is -0.207 e. The third kappa shape index (κ3) is 3.10. The fraction of sp³-hybridized carbons (Fsp3) is 0.143. The zero-order valence-corrected chi connectivity index (χ0v) is 13.0. The molecule has 2 aromatic rings. The smallest absolute Gasteiger partial charge is 0.137 e. The Hall–Kier alpha value is -0.640. The van der Waals surface area contributed by atoms with Crippen molar-refractivity contribution in [3.05, 3.63) is 68.2 Å². The van der Waals surface area contributed by atoms with E-state index >= 15 is 0 Å². The Bertz CT molecular complexity index is 629. The summed E-state index contributed by atoms with van der Waals surface area (Å²) in [5.41, 5.74) is 1.61. The summed E-state index contributed by atoms with van der Waals surface area (Å²) >= 11 is 15.1. The van der Waals surface area contributed by atoms with Gasteiger partial charge in [-0.25, -0.2) is 8.78 Å². The Morgan fingerprint density at radius 1 is 1.11 bits per heavy atom. The van der Waals surface area contributed by atoms with E-state index < -0.39 is 17.0 Å². The number of hydrogen-bond acceptors (Lipinski definition) is 0. The number of hydrogen-bond donors (Lipinski definition) is 0. The fourth-order valence-electron chi connectivity index (χ4n) is 1.74. The first-order valence-corrected chi connectivity index (χ1v) is 7.05. The monoisotopic (exact) mass is 364 g/mol. The van der Waals surface area contributed by atoms with E-state index in [0.717, 1.165) is 17.7 Å². The summed E-state index contributed by atoms with van der Waals surface area (Å²) in [5.74, 6) is -1.10. The largest absolute Gasteiger partial charge is 0.207 e. The number of halogens is 5. The van der Waals surface area contributed by atoms with Crippen molar-refractivity contribution in [2.24, 2.45) is 0 Å². The normalized spacial score (nSPS) is 12.5. The molecular weight excluding hydrogens is 357 g/mol. The molecular formula is C14H9BrCl2F2. The van der Waals surface area contributed by atoms with Crippen LogP contribution in [0.4, 0.5) is 8.78 Å². The van der Waals surface area contributed by atoms with E-state index in [1.165, 1.54) is 0 Å². The highest BCUT2D eigenvalue weighted by atomic mass is 79.9. The van der Waals surface area contributed by atoms with Crippen LogP contribution in [0.2, 0.25) is 5.02 Å². The number of alkyl halides is 1. The topological polar surface area (TPSA) is 0 Å². The Morgan fingerprint density at radius 2 is 1.79 bits per heavy atom. The summed E-state index contributed by atoms with van der Waals surface area (Å²) < 4.78 is 27.4. The van der Waals surface area contributed by atoms with Crippen LogP contribution in [0.1, 0.15) is 22.1 Å².